The summed E-state index contributed by atoms with van der Waals surface area (Å²) < 4.78 is 50.2. The minimum atomic E-state index is -0.797. The predicted molar refractivity (Wildman–Crippen MR) is 189 cm³/mol. The number of aryl methyl sites for hydroxylation is 1. The highest BCUT2D eigenvalue weighted by atomic mass is 19.1. The van der Waals surface area contributed by atoms with E-state index in [4.69, 9.17) is 29.3 Å². The number of rotatable bonds is 8. The fourth-order valence-corrected chi connectivity index (χ4v) is 8.73. The smallest absolute Gasteiger partial charge is 0.319 e. The summed E-state index contributed by atoms with van der Waals surface area (Å²) >= 11 is 0. The summed E-state index contributed by atoms with van der Waals surface area (Å²) in [6.45, 7) is 4.44. The summed E-state index contributed by atoms with van der Waals surface area (Å²) in [5.41, 5.74) is 0.377. The molecular weight excluding hydrogens is 660 g/mol. The van der Waals surface area contributed by atoms with Gasteiger partial charge in [-0.3, -0.25) is 4.90 Å². The summed E-state index contributed by atoms with van der Waals surface area (Å²) in [5.74, 6) is -0.932. The van der Waals surface area contributed by atoms with Gasteiger partial charge in [0.1, 0.15) is 34.0 Å². The van der Waals surface area contributed by atoms with Gasteiger partial charge in [0.25, 0.3) is 0 Å². The summed E-state index contributed by atoms with van der Waals surface area (Å²) in [6, 6.07) is 6.99. The van der Waals surface area contributed by atoms with Crippen LogP contribution in [-0.2, 0) is 11.2 Å². The molecule has 0 spiro atoms. The zero-order valence-corrected chi connectivity index (χ0v) is 29.5. The number of aliphatic hydroxyl groups is 2. The maximum atomic E-state index is 17.2. The van der Waals surface area contributed by atoms with Gasteiger partial charge in [-0.25, -0.2) is 13.8 Å². The van der Waals surface area contributed by atoms with Crippen molar-refractivity contribution in [3.05, 3.63) is 41.5 Å². The SMILES string of the molecule is CCc1c(F)ccc2cc(O)cc(-c3nc(OC)c4c(N5CCOCC(O)C5)nc(OCC56CCCC5N(C5CC5)CCC6)nc4c3F)c12.CO. The second-order valence-electron chi connectivity index (χ2n) is 14.1. The van der Waals surface area contributed by atoms with E-state index in [0.717, 1.165) is 45.8 Å². The molecule has 3 atom stereocenters. The minimum Gasteiger partial charge on any atom is -0.508 e. The number of aliphatic hydroxyl groups excluding tert-OH is 2. The lowest BCUT2D eigenvalue weighted by Gasteiger charge is -2.46. The summed E-state index contributed by atoms with van der Waals surface area (Å²) in [6.07, 6.45) is 7.60. The first-order valence-electron chi connectivity index (χ1n) is 18.0. The number of ether oxygens (including phenoxy) is 3. The second kappa shape index (κ2) is 14.6. The number of nitrogens with zero attached hydrogens (tertiary/aromatic N) is 5. The lowest BCUT2D eigenvalue weighted by Crippen LogP contribution is -2.52. The van der Waals surface area contributed by atoms with Gasteiger partial charge in [-0.1, -0.05) is 19.4 Å². The van der Waals surface area contributed by atoms with Crippen LogP contribution in [0, 0.1) is 17.0 Å². The van der Waals surface area contributed by atoms with Gasteiger partial charge in [0.15, 0.2) is 5.82 Å². The number of phenolic OH excluding ortho intramolecular Hbond substituents is 1. The highest BCUT2D eigenvalue weighted by molar-refractivity contribution is 6.03. The van der Waals surface area contributed by atoms with Gasteiger partial charge in [0.05, 0.1) is 33.0 Å². The Morgan fingerprint density at radius 1 is 1.02 bits per heavy atom. The molecule has 4 heterocycles. The van der Waals surface area contributed by atoms with E-state index in [9.17, 15) is 10.2 Å². The summed E-state index contributed by atoms with van der Waals surface area (Å²) in [7, 11) is 2.43. The van der Waals surface area contributed by atoms with Crippen LogP contribution in [0.15, 0.2) is 24.3 Å². The van der Waals surface area contributed by atoms with Gasteiger partial charge in [0.2, 0.25) is 5.88 Å². The fraction of sp³-hybridized carbons (Fsp3) is 0.553. The second-order valence-corrected chi connectivity index (χ2v) is 14.1. The predicted octanol–water partition coefficient (Wildman–Crippen LogP) is 5.38. The number of methoxy groups -OCH3 is 1. The van der Waals surface area contributed by atoms with Crippen molar-refractivity contribution < 1.29 is 38.3 Å². The van der Waals surface area contributed by atoms with Crippen molar-refractivity contribution in [3.8, 4) is 28.9 Å². The Hall–Kier alpha value is -3.91. The Bertz CT molecular complexity index is 1910. The molecule has 2 aromatic heterocycles. The highest BCUT2D eigenvalue weighted by Crippen LogP contribution is 2.51. The van der Waals surface area contributed by atoms with E-state index < -0.39 is 17.7 Å². The highest BCUT2D eigenvalue weighted by Gasteiger charge is 2.51. The van der Waals surface area contributed by atoms with Crippen LogP contribution in [-0.4, -0.2) is 107 Å². The monoisotopic (exact) mass is 707 g/mol. The third-order valence-corrected chi connectivity index (χ3v) is 11.1. The summed E-state index contributed by atoms with van der Waals surface area (Å²) in [5, 5.41) is 29.6. The molecule has 0 radical (unpaired) electrons. The Morgan fingerprint density at radius 2 is 1.82 bits per heavy atom. The van der Waals surface area contributed by atoms with Gasteiger partial charge in [-0.2, -0.15) is 9.97 Å². The molecule has 3 unspecified atom stereocenters. The van der Waals surface area contributed by atoms with Gasteiger partial charge in [-0.15, -0.1) is 0 Å². The van der Waals surface area contributed by atoms with Crippen LogP contribution in [0.2, 0.25) is 0 Å². The normalized spacial score (nSPS) is 23.9. The molecule has 2 aliphatic carbocycles. The lowest BCUT2D eigenvalue weighted by atomic mass is 9.75. The summed E-state index contributed by atoms with van der Waals surface area (Å²) in [4.78, 5) is 18.7. The van der Waals surface area contributed by atoms with Crippen LogP contribution >= 0.6 is 0 Å². The van der Waals surface area contributed by atoms with Crippen LogP contribution in [0.4, 0.5) is 14.6 Å². The van der Waals surface area contributed by atoms with Gasteiger partial charge >= 0.3 is 6.01 Å². The first-order valence-corrected chi connectivity index (χ1v) is 18.0. The number of anilines is 1. The topological polar surface area (TPSA) is 134 Å². The number of pyridine rings is 1. The lowest BCUT2D eigenvalue weighted by molar-refractivity contribution is -0.00466. The molecule has 2 saturated carbocycles. The maximum absolute atomic E-state index is 17.2. The number of hydrogen-bond acceptors (Lipinski definition) is 11. The molecule has 11 nitrogen and oxygen atoms in total. The molecule has 274 valence electrons. The molecule has 0 amide bonds. The molecule has 2 aliphatic heterocycles. The Morgan fingerprint density at radius 3 is 2.59 bits per heavy atom. The van der Waals surface area contributed by atoms with Gasteiger partial charge in [0, 0.05) is 43.3 Å². The van der Waals surface area contributed by atoms with Crippen molar-refractivity contribution in [1.82, 2.24) is 19.9 Å². The first-order chi connectivity index (χ1) is 24.8. The number of hydrogen-bond donors (Lipinski definition) is 3. The third-order valence-electron chi connectivity index (χ3n) is 11.1. The van der Waals surface area contributed by atoms with Crippen molar-refractivity contribution in [2.24, 2.45) is 5.41 Å². The van der Waals surface area contributed by atoms with E-state index in [-0.39, 0.29) is 58.4 Å². The Balaban J connectivity index is 0.00000200. The van der Waals surface area contributed by atoms with E-state index in [1.54, 1.807) is 6.07 Å². The van der Waals surface area contributed by atoms with Gasteiger partial charge in [-0.05, 0) is 86.0 Å². The third kappa shape index (κ3) is 6.54. The van der Waals surface area contributed by atoms with E-state index >= 15 is 8.78 Å². The van der Waals surface area contributed by atoms with Crippen LogP contribution < -0.4 is 14.4 Å². The molecule has 4 aliphatic rings. The number of phenols is 1. The van der Waals surface area contributed by atoms with Crippen molar-refractivity contribution in [3.63, 3.8) is 0 Å². The average molecular weight is 708 g/mol. The van der Waals surface area contributed by atoms with Crippen molar-refractivity contribution in [2.75, 3.05) is 58.6 Å². The Labute approximate surface area is 296 Å². The van der Waals surface area contributed by atoms with E-state index in [0.29, 0.717) is 60.4 Å². The molecule has 13 heteroatoms. The molecule has 3 N–H and O–H groups in total. The molecule has 51 heavy (non-hydrogen) atoms. The number of benzene rings is 2. The number of likely N-dealkylation sites (tertiary alicyclic amines) is 1. The van der Waals surface area contributed by atoms with Crippen LogP contribution in [0.25, 0.3) is 32.9 Å². The Kier molecular flexibility index (Phi) is 10.2. The molecule has 2 saturated heterocycles. The molecule has 4 fully saturated rings. The van der Waals surface area contributed by atoms with Crippen LogP contribution in [0.1, 0.15) is 57.4 Å². The maximum Gasteiger partial charge on any atom is 0.319 e. The molecule has 8 rings (SSSR count). The number of β-amino-alcohol motifs (C(OH)–C–C–N with tert-alkyl or cyclic N) is 1. The fourth-order valence-electron chi connectivity index (χ4n) is 8.73. The van der Waals surface area contributed by atoms with Gasteiger partial charge < -0.3 is 34.4 Å². The van der Waals surface area contributed by atoms with Crippen LogP contribution in [0.3, 0.4) is 0 Å². The molecule has 0 bridgehead atoms. The number of piperidine rings is 1. The first kappa shape index (κ1) is 35.5. The molecule has 2 aromatic carbocycles. The average Bonchev–Trinajstić information content (AvgIpc) is 3.94. The van der Waals surface area contributed by atoms with Crippen molar-refractivity contribution in [1.29, 1.82) is 0 Å². The van der Waals surface area contributed by atoms with E-state index in [1.165, 1.54) is 38.2 Å². The van der Waals surface area contributed by atoms with E-state index in [2.05, 4.69) is 9.88 Å². The van der Waals surface area contributed by atoms with Crippen LogP contribution in [0.5, 0.6) is 17.6 Å². The van der Waals surface area contributed by atoms with Crippen molar-refractivity contribution in [2.45, 2.75) is 76.5 Å². The minimum absolute atomic E-state index is 0.0211. The quantitative estimate of drug-likeness (QED) is 0.218. The largest absolute Gasteiger partial charge is 0.508 e. The van der Waals surface area contributed by atoms with Crippen molar-refractivity contribution >= 4 is 27.5 Å². The number of fused-ring (bicyclic) bond motifs is 3. The zero-order valence-electron chi connectivity index (χ0n) is 29.5. The number of aromatic nitrogens is 3. The van der Waals surface area contributed by atoms with E-state index in [1.807, 2.05) is 11.8 Å². The number of aromatic hydroxyl groups is 1. The molecule has 4 aromatic rings. The molecular formula is C38H47F2N5O6. The standard InChI is InChI=1S/C37H43F2N5O5.CH4O/c1-3-25-27(38)10-7-21-16-23(45)17-26(29(21)25)32-31(39)33-30(35(40-32)47-2)34(43-14-15-48-19-24(46)18-43)42-36(41-33)49-20-37-11-4-6-28(37)44(13-5-12-37)22-8-9-22;1-2/h7,10,16-17,22,24,28,45-46H,3-6,8-9,11-15,18-20H2,1-2H3;2H,1H3. The number of halogens is 2. The zero-order chi connectivity index (χ0) is 35.9.